The van der Waals surface area contributed by atoms with Crippen molar-refractivity contribution in [2.24, 2.45) is 5.92 Å². The Morgan fingerprint density at radius 3 is 2.89 bits per heavy atom. The van der Waals surface area contributed by atoms with Crippen molar-refractivity contribution in [1.29, 1.82) is 0 Å². The van der Waals surface area contributed by atoms with Gasteiger partial charge in [0.25, 0.3) is 0 Å². The molecule has 6 nitrogen and oxygen atoms in total. The van der Waals surface area contributed by atoms with Gasteiger partial charge in [0.2, 0.25) is 11.8 Å². The largest absolute Gasteiger partial charge is 0.481 e. The van der Waals surface area contributed by atoms with E-state index in [0.29, 0.717) is 31.4 Å². The highest BCUT2D eigenvalue weighted by Crippen LogP contribution is 2.12. The topological polar surface area (TPSA) is 84.3 Å². The number of ether oxygens (including phenoxy) is 1. The summed E-state index contributed by atoms with van der Waals surface area (Å²) >= 11 is 0. The van der Waals surface area contributed by atoms with Crippen molar-refractivity contribution >= 4 is 11.9 Å². The summed E-state index contributed by atoms with van der Waals surface area (Å²) in [5.41, 5.74) is 0.808. The Morgan fingerprint density at radius 1 is 1.56 bits per heavy atom. The van der Waals surface area contributed by atoms with Crippen molar-refractivity contribution in [1.82, 2.24) is 9.97 Å². The van der Waals surface area contributed by atoms with Crippen LogP contribution in [0, 0.1) is 12.8 Å². The molecule has 1 aromatic heterocycles. The molecule has 6 heteroatoms. The quantitative estimate of drug-likeness (QED) is 0.769. The molecule has 1 atom stereocenters. The summed E-state index contributed by atoms with van der Waals surface area (Å²) in [5, 5.41) is 11.8. The third-order valence-electron chi connectivity index (χ3n) is 2.40. The van der Waals surface area contributed by atoms with Gasteiger partial charge in [-0.15, -0.1) is 0 Å². The van der Waals surface area contributed by atoms with Gasteiger partial charge in [-0.1, -0.05) is 6.92 Å². The van der Waals surface area contributed by atoms with Crippen LogP contribution in [0.25, 0.3) is 0 Å². The number of hydrogen-bond acceptors (Lipinski definition) is 5. The molecular weight excluding hydrogens is 234 g/mol. The molecule has 100 valence electrons. The Hall–Kier alpha value is -1.85. The number of nitrogens with zero attached hydrogens (tertiary/aromatic N) is 2. The van der Waals surface area contributed by atoms with Gasteiger partial charge in [-0.25, -0.2) is 4.98 Å². The van der Waals surface area contributed by atoms with Crippen molar-refractivity contribution in [3.8, 4) is 5.88 Å². The summed E-state index contributed by atoms with van der Waals surface area (Å²) in [6, 6.07) is 1.76. The SMILES string of the molecule is CCOc1cc(C)nc(NCCC(C)C(=O)O)n1. The van der Waals surface area contributed by atoms with Crippen LogP contribution >= 0.6 is 0 Å². The number of aliphatic carboxylic acids is 1. The summed E-state index contributed by atoms with van der Waals surface area (Å²) in [7, 11) is 0. The number of aromatic nitrogens is 2. The Kier molecular flexibility index (Phi) is 5.35. The van der Waals surface area contributed by atoms with Gasteiger partial charge in [0, 0.05) is 18.3 Å². The molecule has 18 heavy (non-hydrogen) atoms. The first-order valence-corrected chi connectivity index (χ1v) is 5.98. The van der Waals surface area contributed by atoms with Crippen LogP contribution in [0.3, 0.4) is 0 Å². The molecule has 0 saturated carbocycles. The first-order valence-electron chi connectivity index (χ1n) is 5.98. The van der Waals surface area contributed by atoms with Crippen LogP contribution in [0.5, 0.6) is 5.88 Å². The third-order valence-corrected chi connectivity index (χ3v) is 2.40. The fraction of sp³-hybridized carbons (Fsp3) is 0.583. The standard InChI is InChI=1S/C12H19N3O3/c1-4-18-10-7-9(3)14-12(15-10)13-6-5-8(2)11(16)17/h7-8H,4-6H2,1-3H3,(H,16,17)(H,13,14,15). The maximum Gasteiger partial charge on any atom is 0.306 e. The van der Waals surface area contributed by atoms with E-state index in [1.165, 1.54) is 0 Å². The maximum absolute atomic E-state index is 10.7. The first kappa shape index (κ1) is 14.2. The molecule has 1 unspecified atom stereocenters. The monoisotopic (exact) mass is 253 g/mol. The van der Waals surface area contributed by atoms with Crippen LogP contribution in [0.15, 0.2) is 6.07 Å². The predicted octanol–water partition coefficient (Wildman–Crippen LogP) is 1.71. The van der Waals surface area contributed by atoms with Gasteiger partial charge in [-0.05, 0) is 20.3 Å². The molecule has 0 aliphatic heterocycles. The molecule has 1 heterocycles. The first-order chi connectivity index (χ1) is 8.52. The minimum Gasteiger partial charge on any atom is -0.481 e. The molecule has 0 spiro atoms. The minimum absolute atomic E-state index is 0.381. The molecule has 0 bridgehead atoms. The van der Waals surface area contributed by atoms with Crippen LogP contribution in [0.4, 0.5) is 5.95 Å². The lowest BCUT2D eigenvalue weighted by Gasteiger charge is -2.09. The van der Waals surface area contributed by atoms with Gasteiger partial charge in [0.05, 0.1) is 12.5 Å². The highest BCUT2D eigenvalue weighted by molar-refractivity contribution is 5.69. The fourth-order valence-corrected chi connectivity index (χ4v) is 1.36. The number of anilines is 1. The molecule has 0 aromatic carbocycles. The van der Waals surface area contributed by atoms with Crippen molar-refractivity contribution in [3.63, 3.8) is 0 Å². The second kappa shape index (κ2) is 6.78. The van der Waals surface area contributed by atoms with Crippen LogP contribution in [-0.4, -0.2) is 34.2 Å². The predicted molar refractivity (Wildman–Crippen MR) is 67.8 cm³/mol. The molecule has 0 saturated heterocycles. The maximum atomic E-state index is 10.7. The van der Waals surface area contributed by atoms with Gasteiger partial charge in [0.1, 0.15) is 0 Å². The van der Waals surface area contributed by atoms with Crippen molar-refractivity contribution in [2.75, 3.05) is 18.5 Å². The lowest BCUT2D eigenvalue weighted by atomic mass is 10.1. The van der Waals surface area contributed by atoms with Crippen LogP contribution < -0.4 is 10.1 Å². The highest BCUT2D eigenvalue weighted by atomic mass is 16.5. The van der Waals surface area contributed by atoms with Gasteiger partial charge < -0.3 is 15.2 Å². The van der Waals surface area contributed by atoms with Crippen LogP contribution in [-0.2, 0) is 4.79 Å². The van der Waals surface area contributed by atoms with Gasteiger partial charge in [-0.2, -0.15) is 4.98 Å². The Balaban J connectivity index is 2.53. The van der Waals surface area contributed by atoms with Gasteiger partial charge in [0.15, 0.2) is 0 Å². The lowest BCUT2D eigenvalue weighted by molar-refractivity contribution is -0.141. The molecule has 0 fully saturated rings. The molecular formula is C12H19N3O3. The molecule has 0 amide bonds. The molecule has 0 aliphatic rings. The highest BCUT2D eigenvalue weighted by Gasteiger charge is 2.10. The fourth-order valence-electron chi connectivity index (χ4n) is 1.36. The van der Waals surface area contributed by atoms with Gasteiger partial charge >= 0.3 is 5.97 Å². The molecule has 1 aromatic rings. The van der Waals surface area contributed by atoms with E-state index in [0.717, 1.165) is 5.69 Å². The zero-order valence-electron chi connectivity index (χ0n) is 10.9. The number of carbonyl (C=O) groups is 1. The number of carboxylic acid groups (broad SMARTS) is 1. The van der Waals surface area contributed by atoms with Crippen LogP contribution in [0.2, 0.25) is 0 Å². The number of carboxylic acids is 1. The average molecular weight is 253 g/mol. The lowest BCUT2D eigenvalue weighted by Crippen LogP contribution is -2.15. The van der Waals surface area contributed by atoms with E-state index < -0.39 is 5.97 Å². The molecule has 0 aliphatic carbocycles. The summed E-state index contributed by atoms with van der Waals surface area (Å²) < 4.78 is 5.31. The Bertz CT molecular complexity index is 410. The second-order valence-corrected chi connectivity index (χ2v) is 4.06. The number of rotatable bonds is 7. The summed E-state index contributed by atoms with van der Waals surface area (Å²) in [4.78, 5) is 19.0. The molecule has 0 radical (unpaired) electrons. The van der Waals surface area contributed by atoms with Crippen molar-refractivity contribution < 1.29 is 14.6 Å². The van der Waals surface area contributed by atoms with E-state index in [1.807, 2.05) is 13.8 Å². The van der Waals surface area contributed by atoms with E-state index in [9.17, 15) is 4.79 Å². The summed E-state index contributed by atoms with van der Waals surface area (Å²) in [5.74, 6) is -0.180. The zero-order chi connectivity index (χ0) is 13.5. The normalized spacial score (nSPS) is 11.9. The number of hydrogen-bond donors (Lipinski definition) is 2. The minimum atomic E-state index is -0.794. The Labute approximate surface area is 106 Å². The second-order valence-electron chi connectivity index (χ2n) is 4.06. The Morgan fingerprint density at radius 2 is 2.28 bits per heavy atom. The number of nitrogens with one attached hydrogen (secondary N) is 1. The average Bonchev–Trinajstić information content (AvgIpc) is 2.28. The van der Waals surface area contributed by atoms with E-state index >= 15 is 0 Å². The van der Waals surface area contributed by atoms with E-state index in [2.05, 4.69) is 15.3 Å². The van der Waals surface area contributed by atoms with E-state index in [-0.39, 0.29) is 5.92 Å². The number of aryl methyl sites for hydroxylation is 1. The van der Waals surface area contributed by atoms with Crippen LogP contribution in [0.1, 0.15) is 26.0 Å². The summed E-state index contributed by atoms with van der Waals surface area (Å²) in [6.45, 7) is 6.48. The third kappa shape index (κ3) is 4.57. The van der Waals surface area contributed by atoms with E-state index in [4.69, 9.17) is 9.84 Å². The molecule has 2 N–H and O–H groups in total. The van der Waals surface area contributed by atoms with Crippen molar-refractivity contribution in [3.05, 3.63) is 11.8 Å². The zero-order valence-corrected chi connectivity index (χ0v) is 10.9. The summed E-state index contributed by atoms with van der Waals surface area (Å²) in [6.07, 6.45) is 0.524. The van der Waals surface area contributed by atoms with E-state index in [1.54, 1.807) is 13.0 Å². The molecule has 1 rings (SSSR count). The van der Waals surface area contributed by atoms with Crippen molar-refractivity contribution in [2.45, 2.75) is 27.2 Å². The smallest absolute Gasteiger partial charge is 0.306 e. The van der Waals surface area contributed by atoms with Gasteiger partial charge in [-0.3, -0.25) is 4.79 Å².